The van der Waals surface area contributed by atoms with Crippen molar-refractivity contribution in [1.82, 2.24) is 0 Å². The SMILES string of the molecule is Fc1c(/C=C/C2CCCC2)ccc(OCCC2CCC2)c1F. The third-order valence-corrected chi connectivity index (χ3v) is 5.03. The van der Waals surface area contributed by atoms with Crippen molar-refractivity contribution < 1.29 is 13.5 Å². The van der Waals surface area contributed by atoms with Crippen LogP contribution in [0.2, 0.25) is 0 Å². The maximum absolute atomic E-state index is 14.1. The second kappa shape index (κ2) is 7.26. The Morgan fingerprint density at radius 2 is 1.77 bits per heavy atom. The third-order valence-electron chi connectivity index (χ3n) is 5.03. The van der Waals surface area contributed by atoms with Gasteiger partial charge in [-0.15, -0.1) is 0 Å². The van der Waals surface area contributed by atoms with Gasteiger partial charge in [0.15, 0.2) is 11.6 Å². The summed E-state index contributed by atoms with van der Waals surface area (Å²) in [5, 5.41) is 0. The molecule has 1 aromatic rings. The minimum absolute atomic E-state index is 0.0369. The van der Waals surface area contributed by atoms with Gasteiger partial charge < -0.3 is 4.74 Å². The highest BCUT2D eigenvalue weighted by Crippen LogP contribution is 2.31. The van der Waals surface area contributed by atoms with E-state index >= 15 is 0 Å². The van der Waals surface area contributed by atoms with Gasteiger partial charge in [-0.1, -0.05) is 44.3 Å². The summed E-state index contributed by atoms with van der Waals surface area (Å²) >= 11 is 0. The summed E-state index contributed by atoms with van der Waals surface area (Å²) in [5.41, 5.74) is 0.316. The highest BCUT2D eigenvalue weighted by molar-refractivity contribution is 5.52. The van der Waals surface area contributed by atoms with Gasteiger partial charge in [0.05, 0.1) is 6.61 Å². The van der Waals surface area contributed by atoms with Crippen molar-refractivity contribution in [1.29, 1.82) is 0 Å². The first-order chi connectivity index (χ1) is 10.7. The fraction of sp³-hybridized carbons (Fsp3) is 0.579. The van der Waals surface area contributed by atoms with E-state index in [2.05, 4.69) is 0 Å². The van der Waals surface area contributed by atoms with Crippen LogP contribution < -0.4 is 4.74 Å². The second-order valence-corrected chi connectivity index (χ2v) is 6.62. The van der Waals surface area contributed by atoms with Crippen LogP contribution in [0.4, 0.5) is 8.78 Å². The average Bonchev–Trinajstić information content (AvgIpc) is 2.98. The van der Waals surface area contributed by atoms with Crippen molar-refractivity contribution in [2.24, 2.45) is 11.8 Å². The predicted molar refractivity (Wildman–Crippen MR) is 84.8 cm³/mol. The maximum atomic E-state index is 14.1. The van der Waals surface area contributed by atoms with E-state index in [0.29, 0.717) is 24.0 Å². The van der Waals surface area contributed by atoms with E-state index < -0.39 is 11.6 Å². The Bertz CT molecular complexity index is 528. The van der Waals surface area contributed by atoms with E-state index in [-0.39, 0.29) is 5.75 Å². The minimum Gasteiger partial charge on any atom is -0.490 e. The summed E-state index contributed by atoms with van der Waals surface area (Å²) in [4.78, 5) is 0. The standard InChI is InChI=1S/C19H24F2O/c20-18-16(9-8-14-4-1-2-5-14)10-11-17(19(18)21)22-13-12-15-6-3-7-15/h8-11,14-15H,1-7,12-13H2/b9-8+. The maximum Gasteiger partial charge on any atom is 0.201 e. The van der Waals surface area contributed by atoms with Crippen molar-refractivity contribution in [2.45, 2.75) is 51.4 Å². The molecule has 2 fully saturated rings. The fourth-order valence-electron chi connectivity index (χ4n) is 3.29. The summed E-state index contributed by atoms with van der Waals surface area (Å²) in [5.74, 6) is -0.394. The van der Waals surface area contributed by atoms with Crippen LogP contribution in [0, 0.1) is 23.5 Å². The number of allylic oxidation sites excluding steroid dienone is 1. The highest BCUT2D eigenvalue weighted by Gasteiger charge is 2.18. The van der Waals surface area contributed by atoms with Gasteiger partial charge in [0.2, 0.25) is 5.82 Å². The molecular formula is C19H24F2O. The van der Waals surface area contributed by atoms with Crippen LogP contribution in [0.1, 0.15) is 56.9 Å². The molecule has 1 aromatic carbocycles. The van der Waals surface area contributed by atoms with E-state index in [1.54, 1.807) is 18.2 Å². The van der Waals surface area contributed by atoms with E-state index in [1.807, 2.05) is 6.08 Å². The van der Waals surface area contributed by atoms with Crippen molar-refractivity contribution in [3.63, 3.8) is 0 Å². The summed E-state index contributed by atoms with van der Waals surface area (Å²) in [6.07, 6.45) is 13.2. The molecule has 3 heteroatoms. The summed E-state index contributed by atoms with van der Waals surface area (Å²) in [6, 6.07) is 3.16. The Balaban J connectivity index is 1.59. The van der Waals surface area contributed by atoms with E-state index in [4.69, 9.17) is 4.74 Å². The molecule has 0 aliphatic heterocycles. The largest absolute Gasteiger partial charge is 0.490 e. The molecule has 2 aliphatic rings. The molecule has 2 aliphatic carbocycles. The third kappa shape index (κ3) is 3.68. The first kappa shape index (κ1) is 15.5. The molecule has 0 heterocycles. The molecule has 0 radical (unpaired) electrons. The van der Waals surface area contributed by atoms with Gasteiger partial charge in [-0.3, -0.25) is 0 Å². The van der Waals surface area contributed by atoms with Crippen molar-refractivity contribution in [2.75, 3.05) is 6.61 Å². The molecule has 3 rings (SSSR count). The molecule has 22 heavy (non-hydrogen) atoms. The lowest BCUT2D eigenvalue weighted by molar-refractivity contribution is 0.215. The van der Waals surface area contributed by atoms with Crippen LogP contribution in [-0.2, 0) is 0 Å². The van der Waals surface area contributed by atoms with E-state index in [1.165, 1.54) is 32.1 Å². The average molecular weight is 306 g/mol. The molecular weight excluding hydrogens is 282 g/mol. The predicted octanol–water partition coefficient (Wildman–Crippen LogP) is 5.74. The molecule has 0 spiro atoms. The number of hydrogen-bond donors (Lipinski definition) is 0. The second-order valence-electron chi connectivity index (χ2n) is 6.62. The Morgan fingerprint density at radius 1 is 1.00 bits per heavy atom. The zero-order valence-electron chi connectivity index (χ0n) is 13.0. The lowest BCUT2D eigenvalue weighted by atomic mass is 9.83. The Kier molecular flexibility index (Phi) is 5.12. The van der Waals surface area contributed by atoms with Gasteiger partial charge in [-0.25, -0.2) is 4.39 Å². The van der Waals surface area contributed by atoms with Crippen LogP contribution in [0.5, 0.6) is 5.75 Å². The van der Waals surface area contributed by atoms with Gasteiger partial charge in [-0.05, 0) is 43.2 Å². The molecule has 0 unspecified atom stereocenters. The quantitative estimate of drug-likeness (QED) is 0.651. The van der Waals surface area contributed by atoms with Crippen LogP contribution >= 0.6 is 0 Å². The summed E-state index contributed by atoms with van der Waals surface area (Å²) in [7, 11) is 0. The number of ether oxygens (including phenoxy) is 1. The topological polar surface area (TPSA) is 9.23 Å². The van der Waals surface area contributed by atoms with Gasteiger partial charge in [0.25, 0.3) is 0 Å². The van der Waals surface area contributed by atoms with Crippen molar-refractivity contribution >= 4 is 6.08 Å². The van der Waals surface area contributed by atoms with E-state index in [0.717, 1.165) is 19.3 Å². The molecule has 0 aromatic heterocycles. The van der Waals surface area contributed by atoms with Gasteiger partial charge in [-0.2, -0.15) is 4.39 Å². The first-order valence-corrected chi connectivity index (χ1v) is 8.53. The zero-order valence-corrected chi connectivity index (χ0v) is 13.0. The first-order valence-electron chi connectivity index (χ1n) is 8.53. The van der Waals surface area contributed by atoms with E-state index in [9.17, 15) is 8.78 Å². The highest BCUT2D eigenvalue weighted by atomic mass is 19.2. The molecule has 2 saturated carbocycles. The monoisotopic (exact) mass is 306 g/mol. The lowest BCUT2D eigenvalue weighted by Crippen LogP contribution is -2.14. The van der Waals surface area contributed by atoms with Crippen molar-refractivity contribution in [3.05, 3.63) is 35.4 Å². The van der Waals surface area contributed by atoms with Crippen molar-refractivity contribution in [3.8, 4) is 5.75 Å². The molecule has 0 saturated heterocycles. The smallest absolute Gasteiger partial charge is 0.201 e. The molecule has 0 amide bonds. The van der Waals surface area contributed by atoms with Crippen LogP contribution in [0.3, 0.4) is 0 Å². The van der Waals surface area contributed by atoms with Crippen LogP contribution in [0.25, 0.3) is 6.08 Å². The normalized spacial score (nSPS) is 19.7. The molecule has 0 atom stereocenters. The number of halogens is 2. The zero-order chi connectivity index (χ0) is 15.4. The summed E-state index contributed by atoms with van der Waals surface area (Å²) < 4.78 is 33.6. The molecule has 1 nitrogen and oxygen atoms in total. The lowest BCUT2D eigenvalue weighted by Gasteiger charge is -2.25. The minimum atomic E-state index is -0.859. The van der Waals surface area contributed by atoms with Crippen LogP contribution in [0.15, 0.2) is 18.2 Å². The molecule has 0 N–H and O–H groups in total. The Labute approximate surface area is 131 Å². The molecule has 120 valence electrons. The van der Waals surface area contributed by atoms with Gasteiger partial charge in [0, 0.05) is 5.56 Å². The van der Waals surface area contributed by atoms with Gasteiger partial charge >= 0.3 is 0 Å². The Morgan fingerprint density at radius 3 is 2.45 bits per heavy atom. The van der Waals surface area contributed by atoms with Crippen LogP contribution in [-0.4, -0.2) is 6.61 Å². The Hall–Kier alpha value is -1.38. The number of benzene rings is 1. The molecule has 0 bridgehead atoms. The fourth-order valence-corrected chi connectivity index (χ4v) is 3.29. The summed E-state index contributed by atoms with van der Waals surface area (Å²) in [6.45, 7) is 0.471. The number of rotatable bonds is 6. The number of hydrogen-bond acceptors (Lipinski definition) is 1. The van der Waals surface area contributed by atoms with Gasteiger partial charge in [0.1, 0.15) is 0 Å².